The number of ether oxygens (including phenoxy) is 1. The zero-order valence-electron chi connectivity index (χ0n) is 7.56. The molecule has 0 saturated heterocycles. The summed E-state index contributed by atoms with van der Waals surface area (Å²) < 4.78 is 4.91. The zero-order chi connectivity index (χ0) is 11.6. The molecule has 0 fully saturated rings. The van der Waals surface area contributed by atoms with Crippen LogP contribution in [0.25, 0.3) is 0 Å². The SMILES string of the molecule is COc1cc(Br)c(C=O)c([N+](=O)[O-])c1O. The van der Waals surface area contributed by atoms with Gasteiger partial charge >= 0.3 is 5.69 Å². The second kappa shape index (κ2) is 4.26. The van der Waals surface area contributed by atoms with Gasteiger partial charge in [-0.2, -0.15) is 0 Å². The molecule has 6 nitrogen and oxygen atoms in total. The zero-order valence-corrected chi connectivity index (χ0v) is 9.15. The molecular weight excluding hydrogens is 270 g/mol. The molecule has 0 spiro atoms. The third kappa shape index (κ3) is 1.91. The normalized spacial score (nSPS) is 9.73. The predicted molar refractivity (Wildman–Crippen MR) is 54.4 cm³/mol. The van der Waals surface area contributed by atoms with E-state index in [9.17, 15) is 20.0 Å². The van der Waals surface area contributed by atoms with Gasteiger partial charge in [0.15, 0.2) is 12.0 Å². The average Bonchev–Trinajstić information content (AvgIpc) is 2.19. The summed E-state index contributed by atoms with van der Waals surface area (Å²) in [6, 6.07) is 1.28. The molecule has 0 unspecified atom stereocenters. The van der Waals surface area contributed by atoms with E-state index >= 15 is 0 Å². The van der Waals surface area contributed by atoms with Crippen molar-refractivity contribution in [1.29, 1.82) is 0 Å². The summed E-state index contributed by atoms with van der Waals surface area (Å²) in [7, 11) is 1.26. The van der Waals surface area contributed by atoms with Crippen LogP contribution in [-0.2, 0) is 0 Å². The molecule has 15 heavy (non-hydrogen) atoms. The highest BCUT2D eigenvalue weighted by molar-refractivity contribution is 9.10. The van der Waals surface area contributed by atoms with Gasteiger partial charge in [0.05, 0.1) is 12.0 Å². The first-order valence-corrected chi connectivity index (χ1v) is 4.51. The van der Waals surface area contributed by atoms with Crippen molar-refractivity contribution in [2.24, 2.45) is 0 Å². The van der Waals surface area contributed by atoms with Crippen molar-refractivity contribution in [2.45, 2.75) is 0 Å². The number of phenolic OH excluding ortho intramolecular Hbond substituents is 1. The number of phenols is 1. The molecule has 0 aromatic heterocycles. The average molecular weight is 276 g/mol. The van der Waals surface area contributed by atoms with Crippen LogP contribution in [0, 0.1) is 10.1 Å². The number of carbonyl (C=O) groups is 1. The molecular formula is C8H6BrNO5. The Morgan fingerprint density at radius 1 is 1.67 bits per heavy atom. The molecule has 7 heteroatoms. The fourth-order valence-electron chi connectivity index (χ4n) is 1.07. The number of aldehydes is 1. The Hall–Kier alpha value is -1.63. The molecule has 0 aliphatic heterocycles. The van der Waals surface area contributed by atoms with E-state index in [0.29, 0.717) is 6.29 Å². The molecule has 0 radical (unpaired) electrons. The van der Waals surface area contributed by atoms with Crippen molar-refractivity contribution in [3.8, 4) is 11.5 Å². The minimum atomic E-state index is -0.841. The van der Waals surface area contributed by atoms with Gasteiger partial charge in [-0.3, -0.25) is 14.9 Å². The van der Waals surface area contributed by atoms with Gasteiger partial charge in [0.1, 0.15) is 5.56 Å². The van der Waals surface area contributed by atoms with E-state index in [2.05, 4.69) is 15.9 Å². The van der Waals surface area contributed by atoms with E-state index in [4.69, 9.17) is 4.74 Å². The highest BCUT2D eigenvalue weighted by atomic mass is 79.9. The number of hydrogen-bond donors (Lipinski definition) is 1. The second-order valence-electron chi connectivity index (χ2n) is 2.55. The minimum absolute atomic E-state index is 0.0702. The van der Waals surface area contributed by atoms with E-state index in [1.807, 2.05) is 0 Å². The van der Waals surface area contributed by atoms with Crippen LogP contribution in [0.15, 0.2) is 10.5 Å². The van der Waals surface area contributed by atoms with E-state index < -0.39 is 16.4 Å². The van der Waals surface area contributed by atoms with Crippen molar-refractivity contribution in [2.75, 3.05) is 7.11 Å². The predicted octanol–water partition coefficient (Wildman–Crippen LogP) is 1.88. The van der Waals surface area contributed by atoms with Gasteiger partial charge in [-0.25, -0.2) is 0 Å². The monoisotopic (exact) mass is 275 g/mol. The molecule has 0 saturated carbocycles. The summed E-state index contributed by atoms with van der Waals surface area (Å²) in [4.78, 5) is 20.4. The fraction of sp³-hybridized carbons (Fsp3) is 0.125. The van der Waals surface area contributed by atoms with E-state index in [1.165, 1.54) is 13.2 Å². The summed E-state index contributed by atoms with van der Waals surface area (Å²) >= 11 is 2.97. The number of nitro benzene ring substituents is 1. The molecule has 1 aromatic carbocycles. The molecule has 0 heterocycles. The van der Waals surface area contributed by atoms with E-state index in [0.717, 1.165) is 0 Å². The molecule has 1 N–H and O–H groups in total. The van der Waals surface area contributed by atoms with Crippen LogP contribution in [-0.4, -0.2) is 23.4 Å². The molecule has 0 bridgehead atoms. The Morgan fingerprint density at radius 3 is 2.67 bits per heavy atom. The van der Waals surface area contributed by atoms with Gasteiger partial charge in [-0.15, -0.1) is 0 Å². The summed E-state index contributed by atoms with van der Waals surface area (Å²) in [6.07, 6.45) is 0.293. The molecule has 80 valence electrons. The number of aromatic hydroxyl groups is 1. The van der Waals surface area contributed by atoms with E-state index in [-0.39, 0.29) is 15.8 Å². The van der Waals surface area contributed by atoms with Crippen molar-refractivity contribution in [3.63, 3.8) is 0 Å². The molecule has 1 rings (SSSR count). The molecule has 0 amide bonds. The summed E-state index contributed by atoms with van der Waals surface area (Å²) in [5.74, 6) is -0.730. The molecule has 0 aliphatic rings. The lowest BCUT2D eigenvalue weighted by Crippen LogP contribution is -1.98. The number of nitrogens with zero attached hydrogens (tertiary/aromatic N) is 1. The van der Waals surface area contributed by atoms with Crippen LogP contribution < -0.4 is 4.74 Å². The lowest BCUT2D eigenvalue weighted by atomic mass is 10.1. The van der Waals surface area contributed by atoms with Crippen LogP contribution in [0.2, 0.25) is 0 Å². The Kier molecular flexibility index (Phi) is 3.25. The Morgan fingerprint density at radius 2 is 2.27 bits per heavy atom. The van der Waals surface area contributed by atoms with Crippen molar-refractivity contribution < 1.29 is 19.6 Å². The van der Waals surface area contributed by atoms with E-state index in [1.54, 1.807) is 0 Å². The summed E-state index contributed by atoms with van der Waals surface area (Å²) in [5, 5.41) is 20.1. The highest BCUT2D eigenvalue weighted by Crippen LogP contribution is 2.41. The quantitative estimate of drug-likeness (QED) is 0.517. The standard InChI is InChI=1S/C8H6BrNO5/c1-15-6-2-5(9)4(3-11)7(8(6)12)10(13)14/h2-3,12H,1H3. The maximum atomic E-state index is 10.6. The van der Waals surface area contributed by atoms with Crippen LogP contribution in [0.1, 0.15) is 10.4 Å². The number of hydrogen-bond acceptors (Lipinski definition) is 5. The van der Waals surface area contributed by atoms with Crippen LogP contribution in [0.3, 0.4) is 0 Å². The Labute approximate surface area is 92.8 Å². The van der Waals surface area contributed by atoms with Gasteiger partial charge in [0, 0.05) is 4.47 Å². The lowest BCUT2D eigenvalue weighted by Gasteiger charge is -2.06. The third-order valence-electron chi connectivity index (χ3n) is 1.75. The summed E-state index contributed by atoms with van der Waals surface area (Å²) in [6.45, 7) is 0. The smallest absolute Gasteiger partial charge is 0.326 e. The van der Waals surface area contributed by atoms with Gasteiger partial charge in [0.2, 0.25) is 5.75 Å². The number of methoxy groups -OCH3 is 1. The molecule has 0 aliphatic carbocycles. The Balaban J connectivity index is 3.62. The third-order valence-corrected chi connectivity index (χ3v) is 2.40. The minimum Gasteiger partial charge on any atom is -0.499 e. The lowest BCUT2D eigenvalue weighted by molar-refractivity contribution is -0.386. The van der Waals surface area contributed by atoms with Gasteiger partial charge in [-0.05, 0) is 22.0 Å². The topological polar surface area (TPSA) is 89.7 Å². The first-order chi connectivity index (χ1) is 7.02. The fourth-order valence-corrected chi connectivity index (χ4v) is 1.56. The van der Waals surface area contributed by atoms with Crippen molar-refractivity contribution >= 4 is 27.9 Å². The Bertz CT molecular complexity index is 432. The van der Waals surface area contributed by atoms with Crippen molar-refractivity contribution in [3.05, 3.63) is 26.2 Å². The maximum absolute atomic E-state index is 10.6. The van der Waals surface area contributed by atoms with Gasteiger partial charge < -0.3 is 9.84 Å². The van der Waals surface area contributed by atoms with Gasteiger partial charge in [0.25, 0.3) is 0 Å². The first-order valence-electron chi connectivity index (χ1n) is 3.72. The van der Waals surface area contributed by atoms with Crippen LogP contribution in [0.5, 0.6) is 11.5 Å². The maximum Gasteiger partial charge on any atom is 0.326 e. The van der Waals surface area contributed by atoms with Crippen LogP contribution in [0.4, 0.5) is 5.69 Å². The number of rotatable bonds is 3. The molecule has 1 aromatic rings. The number of halogens is 1. The number of carbonyl (C=O) groups excluding carboxylic acids is 1. The largest absolute Gasteiger partial charge is 0.499 e. The highest BCUT2D eigenvalue weighted by Gasteiger charge is 2.26. The second-order valence-corrected chi connectivity index (χ2v) is 3.40. The number of nitro groups is 1. The first kappa shape index (κ1) is 11.4. The number of benzene rings is 1. The van der Waals surface area contributed by atoms with Gasteiger partial charge in [-0.1, -0.05) is 0 Å². The molecule has 0 atom stereocenters. The van der Waals surface area contributed by atoms with Crippen LogP contribution >= 0.6 is 15.9 Å². The summed E-state index contributed by atoms with van der Waals surface area (Å²) in [5.41, 5.74) is -0.894. The van der Waals surface area contributed by atoms with Crippen molar-refractivity contribution in [1.82, 2.24) is 0 Å².